The zero-order valence-electron chi connectivity index (χ0n) is 15.2. The summed E-state index contributed by atoms with van der Waals surface area (Å²) in [4.78, 5) is 11.9. The van der Waals surface area contributed by atoms with Crippen LogP contribution < -0.4 is 5.32 Å². The number of amides is 1. The normalized spacial score (nSPS) is 16.8. The molecule has 1 fully saturated rings. The highest BCUT2D eigenvalue weighted by atomic mass is 16.2. The first-order chi connectivity index (χ1) is 10.7. The third-order valence-electron chi connectivity index (χ3n) is 5.02. The Hall–Kier alpha value is -0.570. The lowest BCUT2D eigenvalue weighted by Crippen LogP contribution is -2.48. The van der Waals surface area contributed by atoms with E-state index in [1.54, 1.807) is 0 Å². The maximum absolute atomic E-state index is 11.9. The van der Waals surface area contributed by atoms with Crippen LogP contribution in [0.4, 0.5) is 0 Å². The van der Waals surface area contributed by atoms with Gasteiger partial charge in [-0.05, 0) is 6.42 Å². The summed E-state index contributed by atoms with van der Waals surface area (Å²) in [6, 6.07) is 0. The van der Waals surface area contributed by atoms with Gasteiger partial charge in [0.2, 0.25) is 0 Å². The number of likely N-dealkylation sites (N-methyl/N-ethyl adjacent to an activating group) is 1. The smallest absolute Gasteiger partial charge is 0.275 e. The number of quaternary nitrogens is 1. The van der Waals surface area contributed by atoms with E-state index >= 15 is 0 Å². The average molecular weight is 312 g/mol. The minimum absolute atomic E-state index is 0.250. The first kappa shape index (κ1) is 19.5. The van der Waals surface area contributed by atoms with Gasteiger partial charge in [-0.25, -0.2) is 0 Å². The second-order valence-corrected chi connectivity index (χ2v) is 7.46. The van der Waals surface area contributed by atoms with E-state index in [4.69, 9.17) is 0 Å². The molecule has 3 nitrogen and oxygen atoms in total. The van der Waals surface area contributed by atoms with Gasteiger partial charge in [0, 0.05) is 19.4 Å². The van der Waals surface area contributed by atoms with Crippen molar-refractivity contribution in [2.45, 2.75) is 84.0 Å². The largest absolute Gasteiger partial charge is 0.351 e. The van der Waals surface area contributed by atoms with Crippen molar-refractivity contribution in [1.29, 1.82) is 0 Å². The predicted molar refractivity (Wildman–Crippen MR) is 94.9 cm³/mol. The molecule has 0 bridgehead atoms. The molecular weight excluding hydrogens is 272 g/mol. The Morgan fingerprint density at radius 1 is 0.864 bits per heavy atom. The molecular formula is C19H39N2O+. The second-order valence-electron chi connectivity index (χ2n) is 7.46. The first-order valence-corrected chi connectivity index (χ1v) is 9.76. The Morgan fingerprint density at radius 3 is 1.91 bits per heavy atom. The van der Waals surface area contributed by atoms with Crippen LogP contribution in [0.1, 0.15) is 84.0 Å². The van der Waals surface area contributed by atoms with E-state index in [1.165, 1.54) is 83.7 Å². The van der Waals surface area contributed by atoms with Crippen LogP contribution >= 0.6 is 0 Å². The van der Waals surface area contributed by atoms with Crippen molar-refractivity contribution in [3.63, 3.8) is 0 Å². The number of nitrogens with one attached hydrogen (secondary N) is 1. The lowest BCUT2D eigenvalue weighted by Gasteiger charge is -2.28. The van der Waals surface area contributed by atoms with Crippen LogP contribution in [0.3, 0.4) is 0 Å². The van der Waals surface area contributed by atoms with Gasteiger partial charge < -0.3 is 9.80 Å². The summed E-state index contributed by atoms with van der Waals surface area (Å²) in [6.45, 7) is 6.16. The van der Waals surface area contributed by atoms with E-state index in [9.17, 15) is 4.79 Å². The van der Waals surface area contributed by atoms with Crippen LogP contribution in [0.25, 0.3) is 0 Å². The minimum atomic E-state index is 0.250. The van der Waals surface area contributed by atoms with E-state index in [0.29, 0.717) is 6.54 Å². The quantitative estimate of drug-likeness (QED) is 0.399. The Bertz CT molecular complexity index is 285. The molecule has 22 heavy (non-hydrogen) atoms. The number of carbonyl (C=O) groups is 1. The first-order valence-electron chi connectivity index (χ1n) is 9.76. The van der Waals surface area contributed by atoms with Crippen molar-refractivity contribution in [2.75, 3.05) is 33.2 Å². The highest BCUT2D eigenvalue weighted by Gasteiger charge is 2.29. The molecule has 1 aliphatic rings. The molecule has 0 aliphatic carbocycles. The van der Waals surface area contributed by atoms with E-state index in [2.05, 4.69) is 19.3 Å². The van der Waals surface area contributed by atoms with Crippen molar-refractivity contribution >= 4 is 5.91 Å². The molecule has 130 valence electrons. The molecule has 0 saturated carbocycles. The van der Waals surface area contributed by atoms with Gasteiger partial charge in [0.15, 0.2) is 6.54 Å². The molecule has 0 atom stereocenters. The fraction of sp³-hybridized carbons (Fsp3) is 0.947. The zero-order chi connectivity index (χ0) is 16.1. The van der Waals surface area contributed by atoms with Gasteiger partial charge in [-0.1, -0.05) is 64.7 Å². The number of hydrogen-bond donors (Lipinski definition) is 1. The van der Waals surface area contributed by atoms with Crippen LogP contribution in [0.2, 0.25) is 0 Å². The summed E-state index contributed by atoms with van der Waals surface area (Å²) in [5.74, 6) is 0.250. The average Bonchev–Trinajstić information content (AvgIpc) is 2.91. The van der Waals surface area contributed by atoms with E-state index in [1.807, 2.05) is 0 Å². The van der Waals surface area contributed by atoms with Crippen molar-refractivity contribution in [3.8, 4) is 0 Å². The van der Waals surface area contributed by atoms with E-state index in [0.717, 1.165) is 17.4 Å². The monoisotopic (exact) mass is 311 g/mol. The fourth-order valence-corrected chi connectivity index (χ4v) is 3.50. The summed E-state index contributed by atoms with van der Waals surface area (Å²) in [5.41, 5.74) is 0. The van der Waals surface area contributed by atoms with Crippen LogP contribution in [0.15, 0.2) is 0 Å². The number of unbranched alkanes of at least 4 members (excludes halogenated alkanes) is 9. The third-order valence-corrected chi connectivity index (χ3v) is 5.02. The molecule has 0 unspecified atom stereocenters. The summed E-state index contributed by atoms with van der Waals surface area (Å²) < 4.78 is 0.948. The fourth-order valence-electron chi connectivity index (χ4n) is 3.50. The van der Waals surface area contributed by atoms with Crippen molar-refractivity contribution in [1.82, 2.24) is 5.32 Å². The molecule has 1 rings (SSSR count). The molecule has 0 aromatic carbocycles. The van der Waals surface area contributed by atoms with Crippen LogP contribution in [-0.2, 0) is 4.79 Å². The highest BCUT2D eigenvalue weighted by Crippen LogP contribution is 2.15. The molecule has 0 aromatic rings. The predicted octanol–water partition coefficient (Wildman–Crippen LogP) is 4.26. The second kappa shape index (κ2) is 11.9. The Labute approximate surface area is 138 Å². The standard InChI is InChI=1S/C19H38N2O/c1-3-4-5-6-7-8-9-10-11-12-15-20-19(22)18-21(2)16-13-14-17-21/h3-18H2,1-2H3/p+1. The molecule has 1 saturated heterocycles. The molecule has 1 aliphatic heterocycles. The van der Waals surface area contributed by atoms with E-state index < -0.39 is 0 Å². The number of likely N-dealkylation sites (tertiary alicyclic amines) is 1. The highest BCUT2D eigenvalue weighted by molar-refractivity contribution is 5.77. The van der Waals surface area contributed by atoms with Gasteiger partial charge in [0.05, 0.1) is 20.1 Å². The van der Waals surface area contributed by atoms with Crippen molar-refractivity contribution in [2.24, 2.45) is 0 Å². The Balaban J connectivity index is 1.84. The van der Waals surface area contributed by atoms with Gasteiger partial charge in [-0.3, -0.25) is 4.79 Å². The zero-order valence-corrected chi connectivity index (χ0v) is 15.2. The van der Waals surface area contributed by atoms with E-state index in [-0.39, 0.29) is 5.91 Å². The van der Waals surface area contributed by atoms with Gasteiger partial charge in [0.1, 0.15) is 0 Å². The summed E-state index contributed by atoms with van der Waals surface area (Å²) in [5, 5.41) is 3.11. The van der Waals surface area contributed by atoms with Crippen LogP contribution in [0, 0.1) is 0 Å². The SMILES string of the molecule is CCCCCCCCCCCCNC(=O)C[N+]1(C)CCCC1. The number of rotatable bonds is 13. The molecule has 3 heteroatoms. The van der Waals surface area contributed by atoms with Crippen molar-refractivity contribution < 1.29 is 9.28 Å². The minimum Gasteiger partial charge on any atom is -0.351 e. The topological polar surface area (TPSA) is 29.1 Å². The summed E-state index contributed by atoms with van der Waals surface area (Å²) in [7, 11) is 2.22. The lowest BCUT2D eigenvalue weighted by molar-refractivity contribution is -0.889. The number of nitrogens with zero attached hydrogens (tertiary/aromatic N) is 1. The molecule has 0 radical (unpaired) electrons. The summed E-state index contributed by atoms with van der Waals surface area (Å²) in [6.07, 6.45) is 16.0. The summed E-state index contributed by atoms with van der Waals surface area (Å²) >= 11 is 0. The Kier molecular flexibility index (Phi) is 10.6. The van der Waals surface area contributed by atoms with Gasteiger partial charge in [-0.2, -0.15) is 0 Å². The molecule has 1 amide bonds. The maximum atomic E-state index is 11.9. The maximum Gasteiger partial charge on any atom is 0.275 e. The van der Waals surface area contributed by atoms with Gasteiger partial charge in [-0.15, -0.1) is 0 Å². The van der Waals surface area contributed by atoms with Gasteiger partial charge in [0.25, 0.3) is 5.91 Å². The van der Waals surface area contributed by atoms with Crippen LogP contribution in [0.5, 0.6) is 0 Å². The third kappa shape index (κ3) is 9.45. The molecule has 0 spiro atoms. The molecule has 1 N–H and O–H groups in total. The van der Waals surface area contributed by atoms with Crippen molar-refractivity contribution in [3.05, 3.63) is 0 Å². The lowest BCUT2D eigenvalue weighted by atomic mass is 10.1. The van der Waals surface area contributed by atoms with Crippen LogP contribution in [-0.4, -0.2) is 43.6 Å². The molecule has 0 aromatic heterocycles. The van der Waals surface area contributed by atoms with Gasteiger partial charge >= 0.3 is 0 Å². The Morgan fingerprint density at radius 2 is 1.36 bits per heavy atom. The number of hydrogen-bond acceptors (Lipinski definition) is 1. The number of carbonyl (C=O) groups excluding carboxylic acids is 1. The molecule has 1 heterocycles.